The molecule has 0 amide bonds. The first-order valence-corrected chi connectivity index (χ1v) is 5.96. The van der Waals surface area contributed by atoms with Crippen LogP contribution in [0.15, 0.2) is 42.5 Å². The van der Waals surface area contributed by atoms with Gasteiger partial charge < -0.3 is 14.2 Å². The molecule has 2 aliphatic heterocycles. The van der Waals surface area contributed by atoms with Crippen molar-refractivity contribution in [1.29, 1.82) is 0 Å². The summed E-state index contributed by atoms with van der Waals surface area (Å²) in [4.78, 5) is 0. The van der Waals surface area contributed by atoms with E-state index in [2.05, 4.69) is 6.58 Å². The van der Waals surface area contributed by atoms with E-state index in [9.17, 15) is 0 Å². The number of rotatable bonds is 1. The summed E-state index contributed by atoms with van der Waals surface area (Å²) in [6, 6.07) is 9.98. The third kappa shape index (κ3) is 2.14. The van der Waals surface area contributed by atoms with Crippen LogP contribution >= 0.6 is 0 Å². The molecule has 2 heterocycles. The van der Waals surface area contributed by atoms with Crippen LogP contribution in [-0.4, -0.2) is 25.4 Å². The zero-order valence-electron chi connectivity index (χ0n) is 9.67. The van der Waals surface area contributed by atoms with E-state index in [1.807, 2.05) is 30.3 Å². The summed E-state index contributed by atoms with van der Waals surface area (Å²) in [5.74, 6) is 0. The lowest BCUT2D eigenvalue weighted by Gasteiger charge is -2.40. The Hall–Kier alpha value is -1.16. The van der Waals surface area contributed by atoms with Crippen LogP contribution in [0.3, 0.4) is 0 Å². The summed E-state index contributed by atoms with van der Waals surface area (Å²) in [6.45, 7) is 5.36. The van der Waals surface area contributed by atoms with E-state index >= 15 is 0 Å². The second kappa shape index (κ2) is 4.61. The number of hydrogen-bond donors (Lipinski definition) is 0. The van der Waals surface area contributed by atoms with E-state index in [1.54, 1.807) is 0 Å². The molecule has 1 aromatic carbocycles. The lowest BCUT2D eigenvalue weighted by Crippen LogP contribution is -2.46. The Morgan fingerprint density at radius 2 is 1.94 bits per heavy atom. The van der Waals surface area contributed by atoms with Gasteiger partial charge in [-0.05, 0) is 12.0 Å². The van der Waals surface area contributed by atoms with Crippen molar-refractivity contribution in [3.63, 3.8) is 0 Å². The van der Waals surface area contributed by atoms with Crippen molar-refractivity contribution in [2.45, 2.75) is 24.9 Å². The van der Waals surface area contributed by atoms with Gasteiger partial charge in [0.05, 0.1) is 13.2 Å². The fourth-order valence-corrected chi connectivity index (χ4v) is 2.29. The van der Waals surface area contributed by atoms with Crippen LogP contribution in [0.2, 0.25) is 0 Å². The molecular weight excluding hydrogens is 216 g/mol. The van der Waals surface area contributed by atoms with E-state index in [0.29, 0.717) is 6.61 Å². The second-order valence-corrected chi connectivity index (χ2v) is 4.45. The van der Waals surface area contributed by atoms with E-state index < -0.39 is 0 Å². The minimum Gasteiger partial charge on any atom is -0.372 e. The summed E-state index contributed by atoms with van der Waals surface area (Å²) in [7, 11) is 0. The van der Waals surface area contributed by atoms with Gasteiger partial charge in [0.25, 0.3) is 0 Å². The molecule has 0 aromatic heterocycles. The molecule has 0 saturated carbocycles. The van der Waals surface area contributed by atoms with Crippen molar-refractivity contribution in [3.8, 4) is 0 Å². The molecule has 2 fully saturated rings. The van der Waals surface area contributed by atoms with E-state index in [1.165, 1.54) is 0 Å². The lowest BCUT2D eigenvalue weighted by molar-refractivity contribution is -0.263. The quantitative estimate of drug-likeness (QED) is 0.696. The van der Waals surface area contributed by atoms with Crippen LogP contribution in [0.1, 0.15) is 18.3 Å². The zero-order chi connectivity index (χ0) is 11.7. The largest absolute Gasteiger partial charge is 0.372 e. The van der Waals surface area contributed by atoms with Gasteiger partial charge in [-0.2, -0.15) is 0 Å². The highest BCUT2D eigenvalue weighted by molar-refractivity contribution is 5.18. The van der Waals surface area contributed by atoms with Crippen molar-refractivity contribution in [3.05, 3.63) is 48.0 Å². The molecule has 0 radical (unpaired) electrons. The van der Waals surface area contributed by atoms with Gasteiger partial charge in [-0.3, -0.25) is 0 Å². The monoisotopic (exact) mass is 232 g/mol. The first kappa shape index (κ1) is 11.0. The first-order valence-electron chi connectivity index (χ1n) is 5.96. The molecule has 3 nitrogen and oxygen atoms in total. The van der Waals surface area contributed by atoms with Crippen LogP contribution in [0.5, 0.6) is 0 Å². The molecule has 0 bridgehead atoms. The predicted molar refractivity (Wildman–Crippen MR) is 63.5 cm³/mol. The Bertz CT molecular complexity index is 401. The van der Waals surface area contributed by atoms with E-state index in [4.69, 9.17) is 14.2 Å². The number of hydrogen-bond acceptors (Lipinski definition) is 3. The molecule has 3 heteroatoms. The van der Waals surface area contributed by atoms with E-state index in [-0.39, 0.29) is 18.5 Å². The van der Waals surface area contributed by atoms with E-state index in [0.717, 1.165) is 24.2 Å². The van der Waals surface area contributed by atoms with Gasteiger partial charge in [0.2, 0.25) is 0 Å². The van der Waals surface area contributed by atoms with Crippen molar-refractivity contribution in [2.24, 2.45) is 0 Å². The molecular formula is C14H16O3. The molecule has 0 aliphatic carbocycles. The third-order valence-corrected chi connectivity index (χ3v) is 3.25. The Balaban J connectivity index is 1.76. The predicted octanol–water partition coefficient (Wildman–Crippen LogP) is 2.45. The minimum absolute atomic E-state index is 0.0104. The summed E-state index contributed by atoms with van der Waals surface area (Å²) >= 11 is 0. The molecule has 3 atom stereocenters. The van der Waals surface area contributed by atoms with Crippen molar-refractivity contribution in [2.75, 3.05) is 13.2 Å². The minimum atomic E-state index is -0.295. The second-order valence-electron chi connectivity index (χ2n) is 4.45. The number of fused-ring (bicyclic) bond motifs is 1. The Morgan fingerprint density at radius 3 is 2.76 bits per heavy atom. The van der Waals surface area contributed by atoms with Gasteiger partial charge in [0, 0.05) is 5.56 Å². The molecule has 90 valence electrons. The SMILES string of the molecule is C=C1CCO[C@@H]2CO[C@@H](c3ccccc3)O[C@@H]12. The topological polar surface area (TPSA) is 27.7 Å². The highest BCUT2D eigenvalue weighted by Crippen LogP contribution is 2.33. The highest BCUT2D eigenvalue weighted by Gasteiger charge is 2.37. The fraction of sp³-hybridized carbons (Fsp3) is 0.429. The van der Waals surface area contributed by atoms with Crippen molar-refractivity contribution >= 4 is 0 Å². The van der Waals surface area contributed by atoms with Crippen LogP contribution < -0.4 is 0 Å². The Morgan fingerprint density at radius 1 is 1.12 bits per heavy atom. The first-order chi connectivity index (χ1) is 8.34. The van der Waals surface area contributed by atoms with Gasteiger partial charge in [0.15, 0.2) is 6.29 Å². The number of ether oxygens (including phenoxy) is 3. The number of benzene rings is 1. The maximum atomic E-state index is 5.94. The molecule has 2 saturated heterocycles. The maximum absolute atomic E-state index is 5.94. The van der Waals surface area contributed by atoms with Crippen LogP contribution in [0.25, 0.3) is 0 Å². The summed E-state index contributed by atoms with van der Waals surface area (Å²) in [5.41, 5.74) is 2.16. The smallest absolute Gasteiger partial charge is 0.184 e. The summed E-state index contributed by atoms with van der Waals surface area (Å²) in [6.07, 6.45) is 0.567. The van der Waals surface area contributed by atoms with Crippen LogP contribution in [0.4, 0.5) is 0 Å². The van der Waals surface area contributed by atoms with Gasteiger partial charge in [0.1, 0.15) is 12.2 Å². The molecule has 1 aromatic rings. The Labute approximate surface area is 101 Å². The fourth-order valence-electron chi connectivity index (χ4n) is 2.29. The average Bonchev–Trinajstić information content (AvgIpc) is 2.40. The van der Waals surface area contributed by atoms with Gasteiger partial charge >= 0.3 is 0 Å². The molecule has 2 aliphatic rings. The van der Waals surface area contributed by atoms with Crippen LogP contribution in [0, 0.1) is 0 Å². The standard InChI is InChI=1S/C14H16O3/c1-10-7-8-15-12-9-16-14(17-13(10)12)11-5-3-2-4-6-11/h2-6,12-14H,1,7-9H2/t12-,13+,14-/m1/s1. The molecule has 0 unspecified atom stereocenters. The van der Waals surface area contributed by atoms with Gasteiger partial charge in [-0.1, -0.05) is 36.9 Å². The normalized spacial score (nSPS) is 33.2. The summed E-state index contributed by atoms with van der Waals surface area (Å²) < 4.78 is 17.3. The maximum Gasteiger partial charge on any atom is 0.184 e. The Kier molecular flexibility index (Phi) is 2.97. The zero-order valence-corrected chi connectivity index (χ0v) is 9.67. The van der Waals surface area contributed by atoms with Crippen LogP contribution in [-0.2, 0) is 14.2 Å². The molecule has 0 spiro atoms. The van der Waals surface area contributed by atoms with Gasteiger partial charge in [-0.15, -0.1) is 0 Å². The average molecular weight is 232 g/mol. The molecule has 3 rings (SSSR count). The lowest BCUT2D eigenvalue weighted by atomic mass is 9.99. The van der Waals surface area contributed by atoms with Gasteiger partial charge in [-0.25, -0.2) is 0 Å². The molecule has 17 heavy (non-hydrogen) atoms. The molecule has 0 N–H and O–H groups in total. The third-order valence-electron chi connectivity index (χ3n) is 3.25. The van der Waals surface area contributed by atoms with Crippen molar-refractivity contribution < 1.29 is 14.2 Å². The summed E-state index contributed by atoms with van der Waals surface area (Å²) in [5, 5.41) is 0. The van der Waals surface area contributed by atoms with Crippen molar-refractivity contribution in [1.82, 2.24) is 0 Å². The highest BCUT2D eigenvalue weighted by atomic mass is 16.7.